The number of rotatable bonds is 7. The van der Waals surface area contributed by atoms with Gasteiger partial charge in [-0.2, -0.15) is 5.10 Å². The minimum Gasteiger partial charge on any atom is -0.491 e. The van der Waals surface area contributed by atoms with E-state index >= 15 is 0 Å². The predicted molar refractivity (Wildman–Crippen MR) is 90.6 cm³/mol. The molecule has 116 valence electrons. The van der Waals surface area contributed by atoms with Crippen molar-refractivity contribution >= 4 is 11.9 Å². The number of methoxy groups -OCH3 is 1. The molecule has 2 rings (SSSR count). The molecule has 0 aliphatic heterocycles. The van der Waals surface area contributed by atoms with Gasteiger partial charge in [-0.3, -0.25) is 5.43 Å². The smallest absolute Gasteiger partial charge is 0.125 e. The Bertz CT molecular complexity index is 610. The maximum atomic E-state index is 5.79. The monoisotopic (exact) mass is 298 g/mol. The zero-order chi connectivity index (χ0) is 15.8. The molecular weight excluding hydrogens is 276 g/mol. The minimum atomic E-state index is 0.134. The highest BCUT2D eigenvalue weighted by Crippen LogP contribution is 2.22. The van der Waals surface area contributed by atoms with E-state index < -0.39 is 0 Å². The number of nitrogens with zero attached hydrogens (tertiary/aromatic N) is 1. The van der Waals surface area contributed by atoms with E-state index in [9.17, 15) is 0 Å². The van der Waals surface area contributed by atoms with Crippen molar-refractivity contribution in [2.45, 2.75) is 26.6 Å². The highest BCUT2D eigenvalue weighted by Gasteiger charge is 2.06. The molecule has 4 heteroatoms. The number of nitrogens with one attached hydrogen (secondary N) is 1. The van der Waals surface area contributed by atoms with Crippen molar-refractivity contribution in [1.82, 2.24) is 0 Å². The van der Waals surface area contributed by atoms with E-state index in [1.165, 1.54) is 0 Å². The van der Waals surface area contributed by atoms with E-state index in [4.69, 9.17) is 9.47 Å². The lowest BCUT2D eigenvalue weighted by Gasteiger charge is -2.14. The van der Waals surface area contributed by atoms with Crippen LogP contribution in [-0.2, 0) is 11.3 Å². The van der Waals surface area contributed by atoms with Crippen molar-refractivity contribution in [3.8, 4) is 5.75 Å². The van der Waals surface area contributed by atoms with Gasteiger partial charge in [0.25, 0.3) is 0 Å². The van der Waals surface area contributed by atoms with Gasteiger partial charge in [-0.1, -0.05) is 18.2 Å². The summed E-state index contributed by atoms with van der Waals surface area (Å²) in [5, 5.41) is 4.25. The molecule has 0 radical (unpaired) electrons. The molecule has 22 heavy (non-hydrogen) atoms. The second-order valence-corrected chi connectivity index (χ2v) is 5.20. The largest absolute Gasteiger partial charge is 0.491 e. The first-order chi connectivity index (χ1) is 10.7. The van der Waals surface area contributed by atoms with E-state index in [0.29, 0.717) is 6.61 Å². The number of hydrazone groups is 1. The number of ether oxygens (including phenoxy) is 2. The lowest BCUT2D eigenvalue weighted by Crippen LogP contribution is -2.08. The summed E-state index contributed by atoms with van der Waals surface area (Å²) in [6, 6.07) is 15.8. The van der Waals surface area contributed by atoms with Crippen LogP contribution < -0.4 is 10.2 Å². The van der Waals surface area contributed by atoms with Gasteiger partial charge in [0.2, 0.25) is 0 Å². The first-order valence-corrected chi connectivity index (χ1v) is 7.31. The van der Waals surface area contributed by atoms with Crippen molar-refractivity contribution in [1.29, 1.82) is 0 Å². The Hall–Kier alpha value is -2.33. The van der Waals surface area contributed by atoms with Crippen molar-refractivity contribution in [2.75, 3.05) is 12.5 Å². The average molecular weight is 298 g/mol. The van der Waals surface area contributed by atoms with Crippen LogP contribution in [0.3, 0.4) is 0 Å². The molecule has 0 bridgehead atoms. The number of hydrogen-bond donors (Lipinski definition) is 1. The first kappa shape index (κ1) is 16.0. The summed E-state index contributed by atoms with van der Waals surface area (Å²) in [6.07, 6.45) is 1.92. The molecule has 2 aromatic rings. The maximum absolute atomic E-state index is 5.79. The van der Waals surface area contributed by atoms with Crippen LogP contribution >= 0.6 is 0 Å². The SMILES string of the molecule is COCc1cc(C=NNc2ccccc2)ccc1OC(C)C. The topological polar surface area (TPSA) is 42.8 Å². The molecule has 0 heterocycles. The van der Waals surface area contributed by atoms with Gasteiger partial charge in [0, 0.05) is 12.7 Å². The molecule has 0 aliphatic rings. The van der Waals surface area contributed by atoms with E-state index in [-0.39, 0.29) is 6.10 Å². The van der Waals surface area contributed by atoms with Gasteiger partial charge in [0.05, 0.1) is 24.6 Å². The fourth-order valence-electron chi connectivity index (χ4n) is 2.01. The van der Waals surface area contributed by atoms with Gasteiger partial charge >= 0.3 is 0 Å². The maximum Gasteiger partial charge on any atom is 0.125 e. The summed E-state index contributed by atoms with van der Waals surface area (Å²) in [5.41, 5.74) is 5.96. The molecule has 0 spiro atoms. The van der Waals surface area contributed by atoms with Crippen molar-refractivity contribution in [3.63, 3.8) is 0 Å². The van der Waals surface area contributed by atoms with E-state index in [1.807, 2.05) is 62.4 Å². The number of hydrogen-bond acceptors (Lipinski definition) is 4. The molecule has 2 aromatic carbocycles. The predicted octanol–water partition coefficient (Wildman–Crippen LogP) is 4.07. The van der Waals surface area contributed by atoms with E-state index in [1.54, 1.807) is 13.3 Å². The first-order valence-electron chi connectivity index (χ1n) is 7.31. The third kappa shape index (κ3) is 4.90. The van der Waals surface area contributed by atoms with Crippen LogP contribution in [0.5, 0.6) is 5.75 Å². The molecule has 0 atom stereocenters. The molecular formula is C18H22N2O2. The van der Waals surface area contributed by atoms with E-state index in [0.717, 1.165) is 22.6 Å². The Balaban J connectivity index is 2.09. The Morgan fingerprint density at radius 3 is 2.59 bits per heavy atom. The van der Waals surface area contributed by atoms with Crippen LogP contribution in [-0.4, -0.2) is 19.4 Å². The fraction of sp³-hybridized carbons (Fsp3) is 0.278. The van der Waals surface area contributed by atoms with Crippen LogP contribution in [0.1, 0.15) is 25.0 Å². The van der Waals surface area contributed by atoms with Crippen molar-refractivity contribution in [3.05, 3.63) is 59.7 Å². The third-order valence-corrected chi connectivity index (χ3v) is 2.93. The van der Waals surface area contributed by atoms with Crippen LogP contribution in [0.25, 0.3) is 0 Å². The van der Waals surface area contributed by atoms with Crippen molar-refractivity contribution < 1.29 is 9.47 Å². The van der Waals surface area contributed by atoms with Gasteiger partial charge < -0.3 is 9.47 Å². The second kappa shape index (κ2) is 8.20. The summed E-state index contributed by atoms with van der Waals surface area (Å²) in [5.74, 6) is 0.852. The van der Waals surface area contributed by atoms with Crippen molar-refractivity contribution in [2.24, 2.45) is 5.10 Å². The average Bonchev–Trinajstić information content (AvgIpc) is 2.51. The van der Waals surface area contributed by atoms with Gasteiger partial charge in [0.15, 0.2) is 0 Å². The molecule has 4 nitrogen and oxygen atoms in total. The number of anilines is 1. The fourth-order valence-corrected chi connectivity index (χ4v) is 2.01. The van der Waals surface area contributed by atoms with Crippen LogP contribution in [0.4, 0.5) is 5.69 Å². The summed E-state index contributed by atoms with van der Waals surface area (Å²) in [6.45, 7) is 4.53. The molecule has 0 saturated heterocycles. The summed E-state index contributed by atoms with van der Waals surface area (Å²) < 4.78 is 11.0. The summed E-state index contributed by atoms with van der Waals surface area (Å²) in [4.78, 5) is 0. The Labute approximate surface area is 131 Å². The molecule has 0 fully saturated rings. The molecule has 1 N–H and O–H groups in total. The molecule has 0 unspecified atom stereocenters. The summed E-state index contributed by atoms with van der Waals surface area (Å²) in [7, 11) is 1.68. The Morgan fingerprint density at radius 2 is 1.91 bits per heavy atom. The molecule has 0 amide bonds. The van der Waals surface area contributed by atoms with Crippen LogP contribution in [0.2, 0.25) is 0 Å². The lowest BCUT2D eigenvalue weighted by molar-refractivity contribution is 0.174. The molecule has 0 aromatic heterocycles. The second-order valence-electron chi connectivity index (χ2n) is 5.20. The lowest BCUT2D eigenvalue weighted by atomic mass is 10.1. The quantitative estimate of drug-likeness (QED) is 0.619. The van der Waals surface area contributed by atoms with Gasteiger partial charge in [-0.05, 0) is 49.7 Å². The highest BCUT2D eigenvalue weighted by atomic mass is 16.5. The number of para-hydroxylation sites is 1. The number of benzene rings is 2. The molecule has 0 aliphatic carbocycles. The van der Waals surface area contributed by atoms with Crippen LogP contribution in [0.15, 0.2) is 53.6 Å². The zero-order valence-corrected chi connectivity index (χ0v) is 13.2. The van der Waals surface area contributed by atoms with E-state index in [2.05, 4.69) is 10.5 Å². The van der Waals surface area contributed by atoms with Crippen LogP contribution in [0, 0.1) is 0 Å². The minimum absolute atomic E-state index is 0.134. The standard InChI is InChI=1S/C18H22N2O2/c1-14(2)22-18-10-9-15(11-16(18)13-21-3)12-19-20-17-7-5-4-6-8-17/h4-12,14,20H,13H2,1-3H3. The van der Waals surface area contributed by atoms with Gasteiger partial charge in [0.1, 0.15) is 5.75 Å². The summed E-state index contributed by atoms with van der Waals surface area (Å²) >= 11 is 0. The normalized spacial score (nSPS) is 11.1. The Kier molecular flexibility index (Phi) is 5.98. The Morgan fingerprint density at radius 1 is 1.14 bits per heavy atom. The zero-order valence-electron chi connectivity index (χ0n) is 13.2. The van der Waals surface area contributed by atoms with Gasteiger partial charge in [-0.25, -0.2) is 0 Å². The highest BCUT2D eigenvalue weighted by molar-refractivity contribution is 5.81. The molecule has 0 saturated carbocycles. The van der Waals surface area contributed by atoms with Gasteiger partial charge in [-0.15, -0.1) is 0 Å². The third-order valence-electron chi connectivity index (χ3n) is 2.93.